The average Bonchev–Trinajstić information content (AvgIpc) is 3.57. The Balaban J connectivity index is 1.25. The third-order valence-corrected chi connectivity index (χ3v) is 7.85. The molecular formula is C28H28N8O3. The number of amidine groups is 1. The van der Waals surface area contributed by atoms with Crippen LogP contribution in [0.5, 0.6) is 0 Å². The maximum absolute atomic E-state index is 12.8. The molecule has 0 saturated carbocycles. The Morgan fingerprint density at radius 2 is 1.90 bits per heavy atom. The van der Waals surface area contributed by atoms with E-state index in [-0.39, 0.29) is 23.6 Å². The minimum atomic E-state index is -0.773. The third kappa shape index (κ3) is 4.23. The van der Waals surface area contributed by atoms with Gasteiger partial charge in [-0.25, -0.2) is 5.01 Å². The molecule has 3 aliphatic rings. The number of nitrogens with zero attached hydrogens (tertiary/aromatic N) is 7. The van der Waals surface area contributed by atoms with Gasteiger partial charge >= 0.3 is 11.8 Å². The molecule has 3 aromatic rings. The standard InChI is InChI=1S/C28H28N8O3/c1-17-33-34-25(39-17)26(38)35-12-10-19(11-13-35)23-21(15-37)24(29)36-27(32-23)28(2,16-31-36)20-8-9-22(30-14-20)18-6-4-3-5-7-18/h3-9,14-16,19,21,27,29H,10-13H2,1-2H3. The summed E-state index contributed by atoms with van der Waals surface area (Å²) < 4.78 is 5.30. The molecule has 2 aromatic heterocycles. The number of hydrogen-bond donors (Lipinski definition) is 1. The summed E-state index contributed by atoms with van der Waals surface area (Å²) in [5.74, 6) is -0.671. The van der Waals surface area contributed by atoms with Crippen molar-refractivity contribution in [3.63, 3.8) is 0 Å². The van der Waals surface area contributed by atoms with Crippen LogP contribution >= 0.6 is 0 Å². The lowest BCUT2D eigenvalue weighted by Gasteiger charge is -2.40. The molecule has 0 aliphatic carbocycles. The van der Waals surface area contributed by atoms with E-state index in [1.54, 1.807) is 23.0 Å². The number of likely N-dealkylation sites (tertiary alicyclic amines) is 1. The summed E-state index contributed by atoms with van der Waals surface area (Å²) in [5, 5.41) is 22.5. The van der Waals surface area contributed by atoms with Gasteiger partial charge in [0.05, 0.1) is 11.1 Å². The summed E-state index contributed by atoms with van der Waals surface area (Å²) in [5.41, 5.74) is 2.87. The first-order chi connectivity index (χ1) is 18.9. The molecule has 6 rings (SSSR count). The van der Waals surface area contributed by atoms with E-state index in [1.165, 1.54) is 0 Å². The number of aromatic nitrogens is 3. The number of carbonyl (C=O) groups excluding carboxylic acids is 2. The second kappa shape index (κ2) is 9.64. The summed E-state index contributed by atoms with van der Waals surface area (Å²) in [6.45, 7) is 4.61. The largest absolute Gasteiger partial charge is 0.417 e. The quantitative estimate of drug-likeness (QED) is 0.506. The molecule has 1 N–H and O–H groups in total. The number of aliphatic imine (C=N–C) groups is 1. The zero-order valence-corrected chi connectivity index (χ0v) is 21.7. The normalized spacial score (nSPS) is 25.0. The van der Waals surface area contributed by atoms with Crippen LogP contribution in [0.15, 0.2) is 63.2 Å². The van der Waals surface area contributed by atoms with Gasteiger partial charge in [-0.15, -0.1) is 10.2 Å². The van der Waals surface area contributed by atoms with E-state index in [4.69, 9.17) is 19.8 Å². The molecule has 11 heteroatoms. The monoisotopic (exact) mass is 524 g/mol. The lowest BCUT2D eigenvalue weighted by molar-refractivity contribution is -0.108. The molecule has 11 nitrogen and oxygen atoms in total. The van der Waals surface area contributed by atoms with E-state index in [2.05, 4.69) is 15.3 Å². The van der Waals surface area contributed by atoms with Gasteiger partial charge < -0.3 is 14.1 Å². The Morgan fingerprint density at radius 3 is 2.54 bits per heavy atom. The molecule has 1 amide bonds. The number of rotatable bonds is 5. The molecule has 1 aromatic carbocycles. The fourth-order valence-electron chi connectivity index (χ4n) is 5.56. The molecule has 3 aliphatic heterocycles. The number of aryl methyl sites for hydroxylation is 1. The van der Waals surface area contributed by atoms with Gasteiger partial charge in [0, 0.05) is 49.6 Å². The molecule has 198 valence electrons. The maximum atomic E-state index is 12.8. The highest BCUT2D eigenvalue weighted by Crippen LogP contribution is 2.40. The molecule has 1 fully saturated rings. The van der Waals surface area contributed by atoms with Crippen LogP contribution in [0.4, 0.5) is 0 Å². The van der Waals surface area contributed by atoms with Crippen LogP contribution in [-0.2, 0) is 10.2 Å². The first-order valence-electron chi connectivity index (χ1n) is 13.0. The van der Waals surface area contributed by atoms with Gasteiger partial charge in [-0.3, -0.25) is 20.2 Å². The first kappa shape index (κ1) is 24.8. The van der Waals surface area contributed by atoms with Crippen molar-refractivity contribution >= 4 is 30.0 Å². The van der Waals surface area contributed by atoms with Crippen molar-refractivity contribution < 1.29 is 14.0 Å². The number of hydrogen-bond acceptors (Lipinski definition) is 9. The van der Waals surface area contributed by atoms with E-state index in [1.807, 2.05) is 55.6 Å². The second-order valence-electron chi connectivity index (χ2n) is 10.3. The topological polar surface area (TPSA) is 141 Å². The van der Waals surface area contributed by atoms with E-state index >= 15 is 0 Å². The number of aldehydes is 1. The molecule has 39 heavy (non-hydrogen) atoms. The van der Waals surface area contributed by atoms with Crippen molar-refractivity contribution in [1.82, 2.24) is 25.1 Å². The van der Waals surface area contributed by atoms with Crippen LogP contribution in [0.1, 0.15) is 41.9 Å². The van der Waals surface area contributed by atoms with Gasteiger partial charge in [0.15, 0.2) is 6.17 Å². The molecule has 3 atom stereocenters. The van der Waals surface area contributed by atoms with Gasteiger partial charge in [0.25, 0.3) is 0 Å². The lowest BCUT2D eigenvalue weighted by Crippen LogP contribution is -2.53. The van der Waals surface area contributed by atoms with Gasteiger partial charge in [-0.2, -0.15) is 5.10 Å². The molecule has 1 saturated heterocycles. The van der Waals surface area contributed by atoms with Crippen molar-refractivity contribution in [3.05, 3.63) is 66.0 Å². The van der Waals surface area contributed by atoms with Crippen molar-refractivity contribution in [3.8, 4) is 11.3 Å². The van der Waals surface area contributed by atoms with Gasteiger partial charge in [0.1, 0.15) is 18.0 Å². The zero-order chi connectivity index (χ0) is 27.1. The predicted molar refractivity (Wildman–Crippen MR) is 144 cm³/mol. The second-order valence-corrected chi connectivity index (χ2v) is 10.3. The zero-order valence-electron chi connectivity index (χ0n) is 21.7. The van der Waals surface area contributed by atoms with Crippen molar-refractivity contribution in [2.24, 2.45) is 21.9 Å². The van der Waals surface area contributed by atoms with Gasteiger partial charge in [0.2, 0.25) is 5.89 Å². The number of hydrazone groups is 1. The average molecular weight is 525 g/mol. The lowest BCUT2D eigenvalue weighted by atomic mass is 9.78. The number of piperidine rings is 1. The van der Waals surface area contributed by atoms with Crippen LogP contribution in [0.2, 0.25) is 0 Å². The minimum Gasteiger partial charge on any atom is -0.417 e. The minimum absolute atomic E-state index is 0.0186. The fraction of sp³-hybridized carbons (Fsp3) is 0.357. The highest BCUT2D eigenvalue weighted by atomic mass is 16.4. The van der Waals surface area contributed by atoms with Gasteiger partial charge in [-0.05, 0) is 31.4 Å². The molecule has 3 unspecified atom stereocenters. The Labute approximate surface area is 225 Å². The molecule has 5 heterocycles. The predicted octanol–water partition coefficient (Wildman–Crippen LogP) is 3.12. The first-order valence-corrected chi connectivity index (χ1v) is 13.0. The van der Waals surface area contributed by atoms with Crippen molar-refractivity contribution in [2.45, 2.75) is 38.3 Å². The van der Waals surface area contributed by atoms with Crippen LogP contribution in [0.25, 0.3) is 11.3 Å². The van der Waals surface area contributed by atoms with E-state index < -0.39 is 17.5 Å². The molecule has 0 spiro atoms. The van der Waals surface area contributed by atoms with Crippen LogP contribution in [0, 0.1) is 24.2 Å². The Kier molecular flexibility index (Phi) is 6.13. The highest BCUT2D eigenvalue weighted by Gasteiger charge is 2.50. The number of fused-ring (bicyclic) bond motifs is 1. The molecule has 0 bridgehead atoms. The number of benzene rings is 1. The summed E-state index contributed by atoms with van der Waals surface area (Å²) in [7, 11) is 0. The Bertz CT molecular complexity index is 1470. The smallest absolute Gasteiger partial charge is 0.311 e. The molecule has 0 radical (unpaired) electrons. The fourth-order valence-corrected chi connectivity index (χ4v) is 5.56. The Morgan fingerprint density at radius 1 is 1.13 bits per heavy atom. The highest BCUT2D eigenvalue weighted by molar-refractivity contribution is 6.18. The SMILES string of the molecule is Cc1nnc(C(=O)N2CCC(C3=NC4N(N=CC4(C)c4ccc(-c5ccccc5)nc4)C(=N)C3C=O)CC2)o1. The van der Waals surface area contributed by atoms with E-state index in [0.29, 0.717) is 37.5 Å². The van der Waals surface area contributed by atoms with Crippen LogP contribution in [0.3, 0.4) is 0 Å². The number of pyridine rings is 1. The summed E-state index contributed by atoms with van der Waals surface area (Å²) in [6.07, 6.45) is 5.15. The third-order valence-electron chi connectivity index (χ3n) is 7.85. The summed E-state index contributed by atoms with van der Waals surface area (Å²) >= 11 is 0. The van der Waals surface area contributed by atoms with Crippen molar-refractivity contribution in [2.75, 3.05) is 13.1 Å². The van der Waals surface area contributed by atoms with Gasteiger partial charge in [-0.1, -0.05) is 36.4 Å². The van der Waals surface area contributed by atoms with E-state index in [0.717, 1.165) is 23.1 Å². The number of nitrogens with one attached hydrogen (secondary N) is 1. The van der Waals surface area contributed by atoms with Crippen LogP contribution in [-0.4, -0.2) is 74.3 Å². The number of amides is 1. The van der Waals surface area contributed by atoms with E-state index in [9.17, 15) is 9.59 Å². The molecular weight excluding hydrogens is 496 g/mol. The Hall–Kier alpha value is -4.54. The summed E-state index contributed by atoms with van der Waals surface area (Å²) in [6, 6.07) is 14.0. The van der Waals surface area contributed by atoms with Crippen LogP contribution < -0.4 is 0 Å². The maximum Gasteiger partial charge on any atom is 0.311 e. The summed E-state index contributed by atoms with van der Waals surface area (Å²) in [4.78, 5) is 36.4. The number of carbonyl (C=O) groups is 2. The van der Waals surface area contributed by atoms with Crippen molar-refractivity contribution in [1.29, 1.82) is 5.41 Å².